The van der Waals surface area contributed by atoms with Crippen LogP contribution in [0.3, 0.4) is 0 Å². The average molecular weight is 262 g/mol. The number of ether oxygens (including phenoxy) is 2. The molecule has 2 aromatic rings. The van der Waals surface area contributed by atoms with Crippen molar-refractivity contribution >= 4 is 17.0 Å². The summed E-state index contributed by atoms with van der Waals surface area (Å²) in [7, 11) is 0. The van der Waals surface area contributed by atoms with Crippen molar-refractivity contribution in [1.82, 2.24) is 9.55 Å². The lowest BCUT2D eigenvalue weighted by Gasteiger charge is -2.19. The molecule has 6 heteroatoms. The van der Waals surface area contributed by atoms with Crippen molar-refractivity contribution in [3.05, 3.63) is 18.0 Å². The number of rotatable bonds is 2. The lowest BCUT2D eigenvalue weighted by atomic mass is 10.2. The highest BCUT2D eigenvalue weighted by atomic mass is 16.6. The Morgan fingerprint density at radius 3 is 2.63 bits per heavy atom. The van der Waals surface area contributed by atoms with E-state index in [0.29, 0.717) is 30.5 Å². The summed E-state index contributed by atoms with van der Waals surface area (Å²) in [5, 5.41) is 9.17. The number of hydrogen-bond acceptors (Lipinski definition) is 4. The van der Waals surface area contributed by atoms with Gasteiger partial charge in [0, 0.05) is 12.1 Å². The number of benzene rings is 1. The Hall–Kier alpha value is -2.24. The minimum Gasteiger partial charge on any atom is -0.486 e. The van der Waals surface area contributed by atoms with Crippen LogP contribution in [0.25, 0.3) is 11.0 Å². The molecule has 6 nitrogen and oxygen atoms in total. The van der Waals surface area contributed by atoms with E-state index in [-0.39, 0.29) is 0 Å². The van der Waals surface area contributed by atoms with Gasteiger partial charge in [-0.25, -0.2) is 9.78 Å². The average Bonchev–Trinajstić information content (AvgIpc) is 2.70. The standard InChI is InChI=1S/C13H14N2O4/c1-7(13(16)17)15-8(2)14-9-5-11-12(6-10(9)15)19-4-3-18-11/h5-7H,3-4H2,1-2H3,(H,16,17). The minimum absolute atomic E-state index is 0.500. The van der Waals surface area contributed by atoms with Crippen LogP contribution in [-0.4, -0.2) is 33.8 Å². The van der Waals surface area contributed by atoms with E-state index in [2.05, 4.69) is 4.98 Å². The first-order valence-corrected chi connectivity index (χ1v) is 6.09. The van der Waals surface area contributed by atoms with Gasteiger partial charge in [0.25, 0.3) is 0 Å². The van der Waals surface area contributed by atoms with E-state index >= 15 is 0 Å². The maximum absolute atomic E-state index is 11.2. The van der Waals surface area contributed by atoms with Crippen LogP contribution < -0.4 is 9.47 Å². The molecule has 1 aliphatic rings. The van der Waals surface area contributed by atoms with Crippen molar-refractivity contribution in [2.45, 2.75) is 19.9 Å². The molecule has 0 amide bonds. The first-order chi connectivity index (χ1) is 9.08. The molecule has 19 heavy (non-hydrogen) atoms. The number of hydrogen-bond donors (Lipinski definition) is 1. The van der Waals surface area contributed by atoms with Crippen LogP contribution in [0.15, 0.2) is 12.1 Å². The Labute approximate surface area is 109 Å². The molecule has 1 aromatic heterocycles. The van der Waals surface area contributed by atoms with E-state index in [1.165, 1.54) is 0 Å². The number of imidazole rings is 1. The van der Waals surface area contributed by atoms with Gasteiger partial charge >= 0.3 is 5.97 Å². The van der Waals surface area contributed by atoms with E-state index in [1.807, 2.05) is 0 Å². The Morgan fingerprint density at radius 1 is 1.37 bits per heavy atom. The second-order valence-corrected chi connectivity index (χ2v) is 4.53. The molecule has 0 saturated carbocycles. The molecule has 1 aliphatic heterocycles. The Kier molecular flexibility index (Phi) is 2.58. The largest absolute Gasteiger partial charge is 0.486 e. The third-order valence-corrected chi connectivity index (χ3v) is 3.27. The zero-order valence-corrected chi connectivity index (χ0v) is 10.7. The number of carboxylic acids is 1. The fraction of sp³-hybridized carbons (Fsp3) is 0.385. The summed E-state index contributed by atoms with van der Waals surface area (Å²) in [6.07, 6.45) is 0. The van der Waals surface area contributed by atoms with Gasteiger partial charge in [0.1, 0.15) is 25.1 Å². The van der Waals surface area contributed by atoms with E-state index < -0.39 is 12.0 Å². The molecule has 0 aliphatic carbocycles. The first kappa shape index (κ1) is 11.8. The van der Waals surface area contributed by atoms with Gasteiger partial charge in [0.15, 0.2) is 11.5 Å². The topological polar surface area (TPSA) is 73.6 Å². The molecule has 2 heterocycles. The van der Waals surface area contributed by atoms with E-state index in [0.717, 1.165) is 11.0 Å². The van der Waals surface area contributed by atoms with E-state index in [9.17, 15) is 9.90 Å². The number of aryl methyl sites for hydroxylation is 1. The molecular formula is C13H14N2O4. The zero-order valence-electron chi connectivity index (χ0n) is 10.7. The maximum atomic E-state index is 11.2. The molecule has 100 valence electrons. The highest BCUT2D eigenvalue weighted by molar-refractivity contribution is 5.83. The highest BCUT2D eigenvalue weighted by Crippen LogP contribution is 2.35. The maximum Gasteiger partial charge on any atom is 0.326 e. The number of aromatic nitrogens is 2. The van der Waals surface area contributed by atoms with Crippen LogP contribution in [0.2, 0.25) is 0 Å². The number of nitrogens with zero attached hydrogens (tertiary/aromatic N) is 2. The van der Waals surface area contributed by atoms with Crippen molar-refractivity contribution in [2.24, 2.45) is 0 Å². The third kappa shape index (κ3) is 1.80. The highest BCUT2D eigenvalue weighted by Gasteiger charge is 2.22. The molecule has 0 spiro atoms. The minimum atomic E-state index is -0.891. The van der Waals surface area contributed by atoms with Crippen molar-refractivity contribution in [2.75, 3.05) is 13.2 Å². The number of fused-ring (bicyclic) bond motifs is 2. The quantitative estimate of drug-likeness (QED) is 0.892. The van der Waals surface area contributed by atoms with Crippen LogP contribution in [0, 0.1) is 6.92 Å². The number of carboxylic acid groups (broad SMARTS) is 1. The molecule has 0 fully saturated rings. The molecule has 1 N–H and O–H groups in total. The number of aliphatic carboxylic acids is 1. The summed E-state index contributed by atoms with van der Waals surface area (Å²) in [4.78, 5) is 15.6. The zero-order chi connectivity index (χ0) is 13.6. The predicted molar refractivity (Wildman–Crippen MR) is 67.8 cm³/mol. The second-order valence-electron chi connectivity index (χ2n) is 4.53. The summed E-state index contributed by atoms with van der Waals surface area (Å²) in [5.41, 5.74) is 1.46. The smallest absolute Gasteiger partial charge is 0.326 e. The van der Waals surface area contributed by atoms with Crippen molar-refractivity contribution in [3.63, 3.8) is 0 Å². The van der Waals surface area contributed by atoms with Crippen LogP contribution >= 0.6 is 0 Å². The molecule has 0 radical (unpaired) electrons. The molecule has 0 bridgehead atoms. The van der Waals surface area contributed by atoms with Gasteiger partial charge in [0.05, 0.1) is 11.0 Å². The van der Waals surface area contributed by atoms with Crippen LogP contribution in [0.1, 0.15) is 18.8 Å². The fourth-order valence-corrected chi connectivity index (χ4v) is 2.35. The second kappa shape index (κ2) is 4.15. The summed E-state index contributed by atoms with van der Waals surface area (Å²) in [6.45, 7) is 4.44. The van der Waals surface area contributed by atoms with Crippen LogP contribution in [0.5, 0.6) is 11.5 Å². The molecule has 3 rings (SSSR count). The SMILES string of the molecule is Cc1nc2cc3c(cc2n1C(C)C(=O)O)OCCO3. The normalized spacial score (nSPS) is 15.5. The van der Waals surface area contributed by atoms with E-state index in [1.54, 1.807) is 30.5 Å². The molecule has 1 aromatic carbocycles. The Morgan fingerprint density at radius 2 is 2.00 bits per heavy atom. The fourth-order valence-electron chi connectivity index (χ4n) is 2.35. The Balaban J connectivity index is 2.22. The lowest BCUT2D eigenvalue weighted by Crippen LogP contribution is -2.17. The summed E-state index contributed by atoms with van der Waals surface area (Å²) in [6, 6.07) is 2.91. The molecule has 1 atom stereocenters. The predicted octanol–water partition coefficient (Wildman–Crippen LogP) is 1.76. The monoisotopic (exact) mass is 262 g/mol. The van der Waals surface area contributed by atoms with Gasteiger partial charge < -0.3 is 19.1 Å². The first-order valence-electron chi connectivity index (χ1n) is 6.09. The van der Waals surface area contributed by atoms with Gasteiger partial charge in [-0.2, -0.15) is 0 Å². The Bertz CT molecular complexity index is 662. The molecule has 0 saturated heterocycles. The molecular weight excluding hydrogens is 248 g/mol. The van der Waals surface area contributed by atoms with Gasteiger partial charge in [-0.1, -0.05) is 0 Å². The van der Waals surface area contributed by atoms with Crippen molar-refractivity contribution in [1.29, 1.82) is 0 Å². The van der Waals surface area contributed by atoms with Gasteiger partial charge in [0.2, 0.25) is 0 Å². The van der Waals surface area contributed by atoms with Gasteiger partial charge in [-0.05, 0) is 13.8 Å². The van der Waals surface area contributed by atoms with Crippen molar-refractivity contribution in [3.8, 4) is 11.5 Å². The molecule has 1 unspecified atom stereocenters. The lowest BCUT2D eigenvalue weighted by molar-refractivity contribution is -0.140. The summed E-state index contributed by atoms with van der Waals surface area (Å²) < 4.78 is 12.7. The summed E-state index contributed by atoms with van der Waals surface area (Å²) in [5.74, 6) is 1.06. The van der Waals surface area contributed by atoms with Crippen LogP contribution in [0.4, 0.5) is 0 Å². The summed E-state index contributed by atoms with van der Waals surface area (Å²) >= 11 is 0. The van der Waals surface area contributed by atoms with Gasteiger partial charge in [-0.15, -0.1) is 0 Å². The van der Waals surface area contributed by atoms with Gasteiger partial charge in [-0.3, -0.25) is 0 Å². The van der Waals surface area contributed by atoms with Crippen LogP contribution in [-0.2, 0) is 4.79 Å². The third-order valence-electron chi connectivity index (χ3n) is 3.27. The van der Waals surface area contributed by atoms with E-state index in [4.69, 9.17) is 9.47 Å². The van der Waals surface area contributed by atoms with Crippen molar-refractivity contribution < 1.29 is 19.4 Å². The number of carbonyl (C=O) groups is 1.